The van der Waals surface area contributed by atoms with E-state index in [1.54, 1.807) is 0 Å². The fourth-order valence-electron chi connectivity index (χ4n) is 12.5. The zero-order valence-corrected chi connectivity index (χ0v) is 32.4. The molecule has 0 unspecified atom stereocenters. The van der Waals surface area contributed by atoms with Crippen molar-refractivity contribution in [2.75, 3.05) is 26.2 Å². The zero-order valence-electron chi connectivity index (χ0n) is 32.4. The van der Waals surface area contributed by atoms with Crippen LogP contribution in [0.1, 0.15) is 138 Å². The van der Waals surface area contributed by atoms with E-state index >= 15 is 0 Å². The third kappa shape index (κ3) is 7.15. The second-order valence-electron chi connectivity index (χ2n) is 17.6. The first-order valence-corrected chi connectivity index (χ1v) is 21.5. The van der Waals surface area contributed by atoms with Gasteiger partial charge in [0.1, 0.15) is 11.5 Å². The van der Waals surface area contributed by atoms with E-state index in [1.165, 1.54) is 73.6 Å². The lowest BCUT2D eigenvalue weighted by Crippen LogP contribution is -2.60. The van der Waals surface area contributed by atoms with Gasteiger partial charge in [-0.15, -0.1) is 12.8 Å². The lowest BCUT2D eigenvalue weighted by atomic mass is 9.52. The molecule has 8 rings (SSSR count). The van der Waals surface area contributed by atoms with Crippen LogP contribution in [0.3, 0.4) is 0 Å². The number of benzene rings is 2. The van der Waals surface area contributed by atoms with Crippen molar-refractivity contribution in [3.05, 3.63) is 58.7 Å². The number of fused-ring (bicyclic) bond motifs is 2. The van der Waals surface area contributed by atoms with Gasteiger partial charge in [0.05, 0.1) is 13.1 Å². The van der Waals surface area contributed by atoms with Crippen molar-refractivity contribution in [3.63, 3.8) is 0 Å². The number of hydrogen-bond acceptors (Lipinski definition) is 6. The summed E-state index contributed by atoms with van der Waals surface area (Å²) in [6.45, 7) is 3.60. The van der Waals surface area contributed by atoms with Crippen LogP contribution in [0.4, 0.5) is 0 Å². The number of hydrogen-bond donors (Lipinski definition) is 0. The van der Waals surface area contributed by atoms with Crippen LogP contribution in [0, 0.1) is 36.5 Å². The van der Waals surface area contributed by atoms with E-state index in [-0.39, 0.29) is 22.8 Å². The van der Waals surface area contributed by atoms with E-state index in [0.717, 1.165) is 90.4 Å². The minimum absolute atomic E-state index is 0.136. The predicted octanol–water partition coefficient (Wildman–Crippen LogP) is 8.70. The molecule has 6 atom stereocenters. The minimum atomic E-state index is -0.136. The number of piperidine rings is 2. The van der Waals surface area contributed by atoms with E-state index in [2.05, 4.69) is 45.9 Å². The minimum Gasteiger partial charge on any atom is -0.427 e. The Morgan fingerprint density at radius 2 is 1.07 bits per heavy atom. The van der Waals surface area contributed by atoms with Gasteiger partial charge in [-0.25, -0.2) is 0 Å². The van der Waals surface area contributed by atoms with Crippen LogP contribution >= 0.6 is 0 Å². The summed E-state index contributed by atoms with van der Waals surface area (Å²) in [4.78, 5) is 30.8. The summed E-state index contributed by atoms with van der Waals surface area (Å²) in [6.07, 6.45) is 32.6. The number of ether oxygens (including phenoxy) is 2. The highest BCUT2D eigenvalue weighted by Crippen LogP contribution is 2.57. The van der Waals surface area contributed by atoms with Crippen molar-refractivity contribution in [2.45, 2.75) is 151 Å². The Morgan fingerprint density at radius 3 is 1.52 bits per heavy atom. The highest BCUT2D eigenvalue weighted by atomic mass is 16.5. The summed E-state index contributed by atoms with van der Waals surface area (Å²) in [5.74, 6) is 8.23. The molecule has 4 fully saturated rings. The van der Waals surface area contributed by atoms with Crippen molar-refractivity contribution >= 4 is 11.9 Å². The number of nitrogens with zero attached hydrogens (tertiary/aromatic N) is 2. The smallest absolute Gasteiger partial charge is 0.311 e. The summed E-state index contributed by atoms with van der Waals surface area (Å²) >= 11 is 0. The van der Waals surface area contributed by atoms with Gasteiger partial charge < -0.3 is 9.47 Å². The fraction of sp³-hybridized carbons (Fsp3) is 0.625. The van der Waals surface area contributed by atoms with Gasteiger partial charge in [-0.1, -0.05) is 75.3 Å². The Labute approximate surface area is 324 Å². The van der Waals surface area contributed by atoms with E-state index in [4.69, 9.17) is 22.3 Å². The average molecular weight is 729 g/mol. The van der Waals surface area contributed by atoms with Crippen LogP contribution in [-0.4, -0.2) is 60.0 Å². The van der Waals surface area contributed by atoms with Gasteiger partial charge in [-0.2, -0.15) is 0 Å². The highest BCUT2D eigenvalue weighted by Gasteiger charge is 2.55. The molecule has 4 bridgehead atoms. The summed E-state index contributed by atoms with van der Waals surface area (Å²) in [6, 6.07) is 13.9. The molecular formula is C48H60N2O4. The Bertz CT molecular complexity index is 1660. The SMILES string of the molecule is C#CCN1CC[C@]23CCCC[C@H]2[C@@H]1Cc1ccc(OC(=O)CCCCCCCCC(=O)Oc2ccc4c(c2)[C@@]25CCCC[C@H]2[C@H](C4)N(CC#C)CC5)cc13. The molecule has 0 aromatic heterocycles. The van der Waals surface area contributed by atoms with Crippen LogP contribution in [0.25, 0.3) is 0 Å². The number of unbranched alkanes of at least 4 members (excludes halogenated alkanes) is 5. The molecule has 2 aliphatic heterocycles. The first-order chi connectivity index (χ1) is 26.4. The van der Waals surface area contributed by atoms with E-state index < -0.39 is 0 Å². The molecule has 2 saturated carbocycles. The monoisotopic (exact) mass is 728 g/mol. The average Bonchev–Trinajstić information content (AvgIpc) is 3.18. The van der Waals surface area contributed by atoms with Gasteiger partial charge in [0.2, 0.25) is 0 Å². The predicted molar refractivity (Wildman–Crippen MR) is 213 cm³/mol. The second-order valence-corrected chi connectivity index (χ2v) is 17.6. The fourth-order valence-corrected chi connectivity index (χ4v) is 12.5. The van der Waals surface area contributed by atoms with Gasteiger partial charge in [0.25, 0.3) is 0 Å². The highest BCUT2D eigenvalue weighted by molar-refractivity contribution is 5.73. The first-order valence-electron chi connectivity index (χ1n) is 21.5. The summed E-state index contributed by atoms with van der Waals surface area (Å²) < 4.78 is 11.9. The van der Waals surface area contributed by atoms with Gasteiger partial charge in [-0.3, -0.25) is 19.4 Å². The molecule has 54 heavy (non-hydrogen) atoms. The standard InChI is InChI=1S/C48H60N2O4/c1-3-27-49-29-25-47-23-13-11-15-39(47)43(49)31-35-19-21-37(33-41(35)47)53-45(51)17-9-7-5-6-8-10-18-46(52)54-38-22-20-36-32-44-40-16-12-14-24-48(40,42(36)34-38)26-30-50(44)28-4-2/h1-2,19-22,33-34,39-40,43-44H,5-18,23-32H2/t39-,40-,43-,44-,47+,48+/m0/s1. The topological polar surface area (TPSA) is 59.1 Å². The Kier molecular flexibility index (Phi) is 11.2. The molecule has 2 heterocycles. The van der Waals surface area contributed by atoms with Crippen LogP contribution in [0.5, 0.6) is 11.5 Å². The maximum Gasteiger partial charge on any atom is 0.311 e. The van der Waals surface area contributed by atoms with Crippen molar-refractivity contribution in [2.24, 2.45) is 11.8 Å². The normalized spacial score (nSPS) is 29.7. The summed E-state index contributed by atoms with van der Waals surface area (Å²) in [5, 5.41) is 0. The number of esters is 2. The van der Waals surface area contributed by atoms with Gasteiger partial charge >= 0.3 is 11.9 Å². The first kappa shape index (κ1) is 37.3. The molecule has 2 aromatic carbocycles. The maximum absolute atomic E-state index is 12.9. The molecule has 4 aliphatic carbocycles. The molecule has 0 N–H and O–H groups in total. The van der Waals surface area contributed by atoms with Crippen molar-refractivity contribution in [1.29, 1.82) is 0 Å². The molecule has 2 aromatic rings. The van der Waals surface area contributed by atoms with Crippen LogP contribution < -0.4 is 9.47 Å². The van der Waals surface area contributed by atoms with Crippen molar-refractivity contribution in [3.8, 4) is 36.2 Å². The molecule has 286 valence electrons. The Balaban J connectivity index is 0.754. The van der Waals surface area contributed by atoms with Crippen molar-refractivity contribution < 1.29 is 19.1 Å². The summed E-state index contributed by atoms with van der Waals surface area (Å²) in [5.41, 5.74) is 6.11. The molecule has 0 amide bonds. The molecule has 6 nitrogen and oxygen atoms in total. The molecule has 2 saturated heterocycles. The van der Waals surface area contributed by atoms with E-state index in [9.17, 15) is 9.59 Å². The van der Waals surface area contributed by atoms with Crippen LogP contribution in [-0.2, 0) is 33.3 Å². The Morgan fingerprint density at radius 1 is 0.630 bits per heavy atom. The number of rotatable bonds is 13. The summed E-state index contributed by atoms with van der Waals surface area (Å²) in [7, 11) is 0. The lowest BCUT2D eigenvalue weighted by Gasteiger charge is -2.59. The zero-order chi connectivity index (χ0) is 37.1. The number of carbonyl (C=O) groups is 2. The number of carbonyl (C=O) groups excluding carboxylic acids is 2. The van der Waals surface area contributed by atoms with Crippen molar-refractivity contribution in [1.82, 2.24) is 9.80 Å². The lowest BCUT2D eigenvalue weighted by molar-refractivity contribution is -0.135. The molecular weight excluding hydrogens is 669 g/mol. The van der Waals surface area contributed by atoms with Crippen LogP contribution in [0.2, 0.25) is 0 Å². The van der Waals surface area contributed by atoms with Crippen LogP contribution in [0.15, 0.2) is 36.4 Å². The van der Waals surface area contributed by atoms with E-state index in [1.807, 2.05) is 12.1 Å². The second kappa shape index (κ2) is 16.3. The number of likely N-dealkylation sites (tertiary alicyclic amines) is 2. The molecule has 6 aliphatic rings. The molecule has 0 spiro atoms. The van der Waals surface area contributed by atoms with Gasteiger partial charge in [-0.05, 0) is 123 Å². The number of terminal acetylenes is 2. The third-order valence-corrected chi connectivity index (χ3v) is 14.9. The van der Waals surface area contributed by atoms with Gasteiger partial charge in [0, 0.05) is 48.8 Å². The third-order valence-electron chi connectivity index (χ3n) is 14.9. The molecule has 0 radical (unpaired) electrons. The quantitative estimate of drug-likeness (QED) is 0.0891. The van der Waals surface area contributed by atoms with Gasteiger partial charge in [0.15, 0.2) is 0 Å². The molecule has 6 heteroatoms. The maximum atomic E-state index is 12.9. The Hall–Kier alpha value is -3.58. The largest absolute Gasteiger partial charge is 0.427 e. The van der Waals surface area contributed by atoms with E-state index in [0.29, 0.717) is 48.3 Å².